The van der Waals surface area contributed by atoms with Crippen molar-refractivity contribution in [3.8, 4) is 11.1 Å². The van der Waals surface area contributed by atoms with Crippen LogP contribution in [0.15, 0.2) is 189 Å². The number of unbranched alkanes of at least 4 members (excludes halogenated alkanes) is 5. The Bertz CT molecular complexity index is 2730. The summed E-state index contributed by atoms with van der Waals surface area (Å²) in [5, 5.41) is 0. The van der Waals surface area contributed by atoms with E-state index in [0.29, 0.717) is 0 Å². The van der Waals surface area contributed by atoms with Crippen molar-refractivity contribution >= 4 is 66.0 Å². The Morgan fingerprint density at radius 2 is 0.892 bits per heavy atom. The summed E-state index contributed by atoms with van der Waals surface area (Å²) in [7, 11) is 0. The molecule has 0 bridgehead atoms. The lowest BCUT2D eigenvalue weighted by atomic mass is 9.73. The van der Waals surface area contributed by atoms with Gasteiger partial charge < -0.3 is 9.80 Å². The first-order valence-corrected chi connectivity index (χ1v) is 24.6. The second-order valence-electron chi connectivity index (χ2n) is 19.1. The molecule has 0 saturated carbocycles. The molecule has 344 valence electrons. The summed E-state index contributed by atoms with van der Waals surface area (Å²) in [6.45, 7) is 19.5. The fourth-order valence-electron chi connectivity index (χ4n) is 8.97. The van der Waals surface area contributed by atoms with Crippen LogP contribution in [0.25, 0.3) is 11.1 Å². The molecule has 6 aromatic carbocycles. The van der Waals surface area contributed by atoms with Crippen molar-refractivity contribution in [2.75, 3.05) is 9.80 Å². The van der Waals surface area contributed by atoms with Crippen molar-refractivity contribution in [2.24, 2.45) is 0 Å². The third-order valence-electron chi connectivity index (χ3n) is 12.5. The SMILES string of the molecule is C=C=C=C=C=C=C=CC1(CCCCCCCC)c2cc(N(c3ccc(Br)cc3)c3ccc(C(C)(C)C)cc3)ccc2-c2ccc(N(c3ccc(Br)cc3)c3ccc(C(C)(C)C)cc3)cc21.[HH].[HH].[HH].[HH].[HH].[HH].[HH].[HH]. The summed E-state index contributed by atoms with van der Waals surface area (Å²) < 4.78 is 2.09. The van der Waals surface area contributed by atoms with Crippen LogP contribution in [-0.2, 0) is 16.2 Å². The van der Waals surface area contributed by atoms with Crippen LogP contribution >= 0.6 is 31.9 Å². The van der Waals surface area contributed by atoms with Gasteiger partial charge in [-0.25, -0.2) is 0 Å². The molecule has 0 atom stereocenters. The molecule has 0 unspecified atom stereocenters. The topological polar surface area (TPSA) is 6.48 Å². The predicted octanol–water partition coefficient (Wildman–Crippen LogP) is 20.8. The fourth-order valence-corrected chi connectivity index (χ4v) is 9.50. The lowest BCUT2D eigenvalue weighted by Crippen LogP contribution is -2.23. The monoisotopic (exact) mass is 994 g/mol. The van der Waals surface area contributed by atoms with Crippen LogP contribution in [0.1, 0.15) is 127 Å². The van der Waals surface area contributed by atoms with Crippen molar-refractivity contribution in [3.05, 3.63) is 212 Å². The quantitative estimate of drug-likeness (QED) is 0.0793. The Balaban J connectivity index is 0. The molecular weight excluding hydrogens is 920 g/mol. The Hall–Kier alpha value is -5.70. The van der Waals surface area contributed by atoms with Gasteiger partial charge >= 0.3 is 0 Å². The molecule has 2 nitrogen and oxygen atoms in total. The van der Waals surface area contributed by atoms with Crippen LogP contribution in [0.3, 0.4) is 0 Å². The van der Waals surface area contributed by atoms with E-state index in [-0.39, 0.29) is 22.2 Å². The van der Waals surface area contributed by atoms with Gasteiger partial charge in [0.15, 0.2) is 0 Å². The summed E-state index contributed by atoms with van der Waals surface area (Å²) in [6.07, 6.45) is 10.3. The third-order valence-corrected chi connectivity index (χ3v) is 13.6. The lowest BCUT2D eigenvalue weighted by Gasteiger charge is -2.32. The van der Waals surface area contributed by atoms with Gasteiger partial charge in [0, 0.05) is 59.9 Å². The number of fused-ring (bicyclic) bond motifs is 3. The highest BCUT2D eigenvalue weighted by Crippen LogP contribution is 2.55. The number of hydrogen-bond acceptors (Lipinski definition) is 2. The number of anilines is 6. The first-order chi connectivity index (χ1) is 31.2. The summed E-state index contributed by atoms with van der Waals surface area (Å²) in [5.41, 5.74) is 31.5. The Morgan fingerprint density at radius 3 is 1.31 bits per heavy atom. The Morgan fingerprint density at radius 1 is 0.508 bits per heavy atom. The first-order valence-electron chi connectivity index (χ1n) is 23.0. The first kappa shape index (κ1) is 47.3. The molecular formula is C61H76Br2N2. The van der Waals surface area contributed by atoms with E-state index in [1.165, 1.54) is 59.1 Å². The molecule has 65 heavy (non-hydrogen) atoms. The van der Waals surface area contributed by atoms with Gasteiger partial charge in [-0.2, -0.15) is 0 Å². The zero-order valence-corrected chi connectivity index (χ0v) is 42.3. The van der Waals surface area contributed by atoms with Crippen molar-refractivity contribution in [1.29, 1.82) is 0 Å². The fraction of sp³-hybridized carbons (Fsp3) is 0.279. The second-order valence-corrected chi connectivity index (χ2v) is 21.0. The van der Waals surface area contributed by atoms with Gasteiger partial charge in [-0.3, -0.25) is 0 Å². The highest BCUT2D eigenvalue weighted by Gasteiger charge is 2.42. The molecule has 0 heterocycles. The molecule has 0 radical (unpaired) electrons. The summed E-state index contributed by atoms with van der Waals surface area (Å²) >= 11 is 7.39. The largest absolute Gasteiger partial charge is 0.310 e. The Kier molecular flexibility index (Phi) is 15.0. The number of hydrogen-bond donors (Lipinski definition) is 0. The molecule has 6 aromatic rings. The zero-order chi connectivity index (χ0) is 46.2. The van der Waals surface area contributed by atoms with Crippen molar-refractivity contribution < 1.29 is 11.4 Å². The molecule has 0 aromatic heterocycles. The highest BCUT2D eigenvalue weighted by molar-refractivity contribution is 9.10. The molecule has 0 saturated heterocycles. The van der Waals surface area contributed by atoms with Gasteiger partial charge in [-0.15, -0.1) is 0 Å². The van der Waals surface area contributed by atoms with E-state index in [4.69, 9.17) is 0 Å². The van der Waals surface area contributed by atoms with Gasteiger partial charge in [-0.1, -0.05) is 167 Å². The average molecular weight is 997 g/mol. The lowest BCUT2D eigenvalue weighted by molar-refractivity contribution is 0.518. The third kappa shape index (κ3) is 10.9. The zero-order valence-electron chi connectivity index (χ0n) is 39.1. The predicted molar refractivity (Wildman–Crippen MR) is 301 cm³/mol. The van der Waals surface area contributed by atoms with Gasteiger partial charge in [0.05, 0.1) is 0 Å². The minimum Gasteiger partial charge on any atom is -0.310 e. The van der Waals surface area contributed by atoms with Crippen LogP contribution in [-0.4, -0.2) is 0 Å². The molecule has 4 heteroatoms. The number of rotatable bonds is 14. The van der Waals surface area contributed by atoms with E-state index in [0.717, 1.165) is 62.3 Å². The van der Waals surface area contributed by atoms with Crippen LogP contribution < -0.4 is 9.80 Å². The van der Waals surface area contributed by atoms with E-state index in [9.17, 15) is 0 Å². The number of benzene rings is 6. The summed E-state index contributed by atoms with van der Waals surface area (Å²) in [4.78, 5) is 4.77. The molecule has 0 spiro atoms. The van der Waals surface area contributed by atoms with E-state index in [1.54, 1.807) is 0 Å². The minimum atomic E-state index is -0.531. The van der Waals surface area contributed by atoms with E-state index >= 15 is 0 Å². The minimum absolute atomic E-state index is 0. The molecule has 0 aliphatic heterocycles. The molecule has 0 amide bonds. The number of allylic oxidation sites excluding steroid dienone is 1. The summed E-state index contributed by atoms with van der Waals surface area (Å²) in [5.74, 6) is 0. The smallest absolute Gasteiger partial charge is 0.0476 e. The normalized spacial score (nSPS) is 12.3. The molecule has 1 aliphatic carbocycles. The maximum absolute atomic E-state index is 3.70. The van der Waals surface area contributed by atoms with Crippen molar-refractivity contribution in [2.45, 2.75) is 110 Å². The van der Waals surface area contributed by atoms with Crippen molar-refractivity contribution in [1.82, 2.24) is 0 Å². The highest BCUT2D eigenvalue weighted by atomic mass is 79.9. The van der Waals surface area contributed by atoms with Crippen LogP contribution in [0.2, 0.25) is 0 Å². The molecule has 1 aliphatic rings. The van der Waals surface area contributed by atoms with Crippen LogP contribution in [0, 0.1) is 0 Å². The van der Waals surface area contributed by atoms with E-state index < -0.39 is 5.41 Å². The second kappa shape index (κ2) is 20.6. The summed E-state index contributed by atoms with van der Waals surface area (Å²) in [6, 6.07) is 49.5. The van der Waals surface area contributed by atoms with Gasteiger partial charge in [-0.05, 0) is 183 Å². The molecule has 0 fully saturated rings. The van der Waals surface area contributed by atoms with Crippen LogP contribution in [0.4, 0.5) is 34.1 Å². The maximum atomic E-state index is 3.70. The standard InChI is InChI=1S/C61H60Br2N2.8H2/c1-9-11-13-15-17-19-41-61(42-20-18-16-14-12-10-2)57-43-53(64(51-33-25-47(62)26-34-51)49-29-21-45(22-30-49)59(3,4)5)37-39-55(57)56-40-38-54(44-58(56)61)65(52-35-27-48(63)28-36-52)50-31-23-46(24-32-50)60(6,7)8;;;;;;;;/h21-41,43-44H,1,10,12,14,16,18,20,42H2,2-8H3;8*1H. The molecule has 0 N–H and O–H groups in total. The number of nitrogens with zero attached hydrogens (tertiary/aromatic N) is 2. The molecule has 7 rings (SSSR count). The van der Waals surface area contributed by atoms with Gasteiger partial charge in [0.25, 0.3) is 0 Å². The van der Waals surface area contributed by atoms with E-state index in [2.05, 4.69) is 271 Å². The van der Waals surface area contributed by atoms with Gasteiger partial charge in [0.2, 0.25) is 0 Å². The Labute approximate surface area is 417 Å². The van der Waals surface area contributed by atoms with Gasteiger partial charge in [0.1, 0.15) is 0 Å². The van der Waals surface area contributed by atoms with Crippen molar-refractivity contribution in [3.63, 3.8) is 0 Å². The van der Waals surface area contributed by atoms with E-state index in [1.807, 2.05) is 0 Å². The number of halogens is 2. The van der Waals surface area contributed by atoms with Crippen LogP contribution in [0.5, 0.6) is 0 Å². The maximum Gasteiger partial charge on any atom is 0.0476 e. The average Bonchev–Trinajstić information content (AvgIpc) is 3.55.